The van der Waals surface area contributed by atoms with Crippen molar-refractivity contribution in [3.05, 3.63) is 57.6 Å². The summed E-state index contributed by atoms with van der Waals surface area (Å²) in [6.07, 6.45) is -4.69. The second kappa shape index (κ2) is 6.91. The average Bonchev–Trinajstić information content (AvgIpc) is 3.24. The number of thiophene rings is 1. The molecule has 0 radical (unpaired) electrons. The molecule has 136 valence electrons. The monoisotopic (exact) mass is 381 g/mol. The largest absolute Gasteiger partial charge is 0.471 e. The van der Waals surface area contributed by atoms with Crippen LogP contribution >= 0.6 is 11.3 Å². The van der Waals surface area contributed by atoms with Gasteiger partial charge in [0.05, 0.1) is 6.54 Å². The number of hydrogen-bond donors (Lipinski definition) is 0. The molecule has 0 saturated heterocycles. The molecule has 26 heavy (non-hydrogen) atoms. The molecule has 0 aliphatic carbocycles. The van der Waals surface area contributed by atoms with E-state index in [0.29, 0.717) is 17.7 Å². The van der Waals surface area contributed by atoms with Gasteiger partial charge < -0.3 is 9.42 Å². The van der Waals surface area contributed by atoms with Gasteiger partial charge in [-0.2, -0.15) is 18.2 Å². The first-order valence-corrected chi connectivity index (χ1v) is 8.43. The first kappa shape index (κ1) is 18.1. The maximum absolute atomic E-state index is 12.5. The van der Waals surface area contributed by atoms with E-state index in [2.05, 4.69) is 14.7 Å². The Morgan fingerprint density at radius 2 is 1.92 bits per heavy atom. The fourth-order valence-corrected chi connectivity index (χ4v) is 3.25. The number of amides is 1. The van der Waals surface area contributed by atoms with Gasteiger partial charge >= 0.3 is 12.1 Å². The summed E-state index contributed by atoms with van der Waals surface area (Å²) in [5, 5.41) is 5.29. The van der Waals surface area contributed by atoms with Crippen molar-refractivity contribution in [3.63, 3.8) is 0 Å². The van der Waals surface area contributed by atoms with Crippen molar-refractivity contribution in [1.82, 2.24) is 15.0 Å². The predicted molar refractivity (Wildman–Crippen MR) is 89.6 cm³/mol. The molecule has 0 spiro atoms. The summed E-state index contributed by atoms with van der Waals surface area (Å²) in [7, 11) is 1.70. The van der Waals surface area contributed by atoms with Gasteiger partial charge in [0.25, 0.3) is 5.91 Å². The normalized spacial score (nSPS) is 11.6. The zero-order valence-electron chi connectivity index (χ0n) is 13.9. The Kier molecular flexibility index (Phi) is 4.82. The standard InChI is InChI=1S/C17H14F3N3O2S/c1-10-7-8-26-13(10)9-23(2)15(24)12-5-3-11(4-6-12)14-21-16(25-22-14)17(18,19)20/h3-8H,9H2,1-2H3. The highest BCUT2D eigenvalue weighted by Crippen LogP contribution is 2.29. The van der Waals surface area contributed by atoms with Crippen LogP contribution in [-0.4, -0.2) is 28.0 Å². The Balaban J connectivity index is 1.73. The van der Waals surface area contributed by atoms with Gasteiger partial charge in [-0.1, -0.05) is 17.3 Å². The number of carbonyl (C=O) groups is 1. The Morgan fingerprint density at radius 3 is 2.46 bits per heavy atom. The highest BCUT2D eigenvalue weighted by Gasteiger charge is 2.38. The second-order valence-electron chi connectivity index (χ2n) is 5.69. The summed E-state index contributed by atoms with van der Waals surface area (Å²) in [6, 6.07) is 8.02. The third kappa shape index (κ3) is 3.77. The lowest BCUT2D eigenvalue weighted by atomic mass is 10.1. The van der Waals surface area contributed by atoms with Gasteiger partial charge in [0, 0.05) is 23.1 Å². The minimum absolute atomic E-state index is 0.182. The summed E-state index contributed by atoms with van der Waals surface area (Å²) < 4.78 is 41.8. The van der Waals surface area contributed by atoms with Crippen LogP contribution in [-0.2, 0) is 12.7 Å². The molecule has 1 aromatic carbocycles. The summed E-state index contributed by atoms with van der Waals surface area (Å²) >= 11 is 1.58. The van der Waals surface area contributed by atoms with Gasteiger partial charge in [-0.05, 0) is 36.1 Å². The fourth-order valence-electron chi connectivity index (χ4n) is 2.29. The summed E-state index contributed by atoms with van der Waals surface area (Å²) in [5.74, 6) is -1.77. The molecule has 0 aliphatic heterocycles. The quantitative estimate of drug-likeness (QED) is 0.672. The van der Waals surface area contributed by atoms with Crippen LogP contribution in [0, 0.1) is 6.92 Å². The molecule has 0 N–H and O–H groups in total. The van der Waals surface area contributed by atoms with Crippen LogP contribution in [0.25, 0.3) is 11.4 Å². The Labute approximate surface area is 151 Å². The first-order valence-electron chi connectivity index (χ1n) is 7.55. The number of nitrogens with zero attached hydrogens (tertiary/aromatic N) is 3. The molecule has 0 saturated carbocycles. The van der Waals surface area contributed by atoms with Crippen LogP contribution < -0.4 is 0 Å². The zero-order chi connectivity index (χ0) is 18.9. The number of halogens is 3. The van der Waals surface area contributed by atoms with E-state index in [1.165, 1.54) is 24.3 Å². The third-order valence-electron chi connectivity index (χ3n) is 3.75. The van der Waals surface area contributed by atoms with Crippen molar-refractivity contribution in [2.45, 2.75) is 19.6 Å². The lowest BCUT2D eigenvalue weighted by Crippen LogP contribution is -2.26. The lowest BCUT2D eigenvalue weighted by molar-refractivity contribution is -0.159. The molecule has 0 unspecified atom stereocenters. The fraction of sp³-hybridized carbons (Fsp3) is 0.235. The maximum atomic E-state index is 12.5. The van der Waals surface area contributed by atoms with E-state index in [1.54, 1.807) is 23.3 Å². The molecule has 9 heteroatoms. The predicted octanol–water partition coefficient (Wildman–Crippen LogP) is 4.40. The van der Waals surface area contributed by atoms with Crippen LogP contribution in [0.2, 0.25) is 0 Å². The van der Waals surface area contributed by atoms with Crippen LogP contribution in [0.4, 0.5) is 13.2 Å². The topological polar surface area (TPSA) is 59.2 Å². The number of alkyl halides is 3. The average molecular weight is 381 g/mol. The van der Waals surface area contributed by atoms with Crippen molar-refractivity contribution in [3.8, 4) is 11.4 Å². The van der Waals surface area contributed by atoms with Gasteiger partial charge in [-0.15, -0.1) is 11.3 Å². The summed E-state index contributed by atoms with van der Waals surface area (Å²) in [5.41, 5.74) is 1.88. The smallest absolute Gasteiger partial charge is 0.337 e. The van der Waals surface area contributed by atoms with Gasteiger partial charge in [0.1, 0.15) is 0 Å². The first-order chi connectivity index (χ1) is 12.3. The van der Waals surface area contributed by atoms with E-state index in [4.69, 9.17) is 0 Å². The SMILES string of the molecule is Cc1ccsc1CN(C)C(=O)c1ccc(-c2noc(C(F)(F)F)n2)cc1. The summed E-state index contributed by atoms with van der Waals surface area (Å²) in [4.78, 5) is 18.5. The number of carbonyl (C=O) groups excluding carboxylic acids is 1. The molecule has 0 fully saturated rings. The number of rotatable bonds is 4. The minimum atomic E-state index is -4.69. The van der Waals surface area contributed by atoms with Crippen LogP contribution in [0.5, 0.6) is 0 Å². The van der Waals surface area contributed by atoms with Crippen LogP contribution in [0.15, 0.2) is 40.2 Å². The molecule has 2 aromatic heterocycles. The number of benzene rings is 1. The van der Waals surface area contributed by atoms with Gasteiger partial charge in [-0.3, -0.25) is 4.79 Å². The zero-order valence-corrected chi connectivity index (χ0v) is 14.7. The van der Waals surface area contributed by atoms with Crippen molar-refractivity contribution in [2.75, 3.05) is 7.05 Å². The third-order valence-corrected chi connectivity index (χ3v) is 4.76. The number of hydrogen-bond acceptors (Lipinski definition) is 5. The van der Waals surface area contributed by atoms with E-state index >= 15 is 0 Å². The van der Waals surface area contributed by atoms with E-state index in [1.807, 2.05) is 18.4 Å². The van der Waals surface area contributed by atoms with Gasteiger partial charge in [0.2, 0.25) is 5.82 Å². The Bertz CT molecular complexity index is 916. The molecule has 0 bridgehead atoms. The maximum Gasteiger partial charge on any atom is 0.471 e. The van der Waals surface area contributed by atoms with Crippen molar-refractivity contribution >= 4 is 17.2 Å². The molecule has 0 atom stereocenters. The number of aromatic nitrogens is 2. The highest BCUT2D eigenvalue weighted by atomic mass is 32.1. The van der Waals surface area contributed by atoms with E-state index in [-0.39, 0.29) is 11.7 Å². The molecular weight excluding hydrogens is 367 g/mol. The highest BCUT2D eigenvalue weighted by molar-refractivity contribution is 7.10. The van der Waals surface area contributed by atoms with Crippen molar-refractivity contribution in [1.29, 1.82) is 0 Å². The number of aryl methyl sites for hydroxylation is 1. The van der Waals surface area contributed by atoms with Crippen molar-refractivity contribution < 1.29 is 22.5 Å². The van der Waals surface area contributed by atoms with Gasteiger partial charge in [0.15, 0.2) is 0 Å². The minimum Gasteiger partial charge on any atom is -0.337 e. The molecule has 0 aliphatic rings. The van der Waals surface area contributed by atoms with Crippen LogP contribution in [0.1, 0.15) is 26.7 Å². The molecular formula is C17H14F3N3O2S. The second-order valence-corrected chi connectivity index (χ2v) is 6.69. The Morgan fingerprint density at radius 1 is 1.23 bits per heavy atom. The molecule has 5 nitrogen and oxygen atoms in total. The molecule has 2 heterocycles. The van der Waals surface area contributed by atoms with E-state index in [9.17, 15) is 18.0 Å². The lowest BCUT2D eigenvalue weighted by Gasteiger charge is -2.17. The molecule has 3 rings (SSSR count). The Hall–Kier alpha value is -2.68. The van der Waals surface area contributed by atoms with Gasteiger partial charge in [-0.25, -0.2) is 0 Å². The molecule has 3 aromatic rings. The van der Waals surface area contributed by atoms with Crippen molar-refractivity contribution in [2.24, 2.45) is 0 Å². The van der Waals surface area contributed by atoms with E-state index < -0.39 is 12.1 Å². The molecule has 1 amide bonds. The van der Waals surface area contributed by atoms with Crippen LogP contribution in [0.3, 0.4) is 0 Å². The summed E-state index contributed by atoms with van der Waals surface area (Å²) in [6.45, 7) is 2.48. The van der Waals surface area contributed by atoms with E-state index in [0.717, 1.165) is 10.4 Å².